The Labute approximate surface area is 124 Å². The molecule has 0 aliphatic carbocycles. The molecule has 1 aliphatic rings. The second-order valence-electron chi connectivity index (χ2n) is 5.46. The lowest BCUT2D eigenvalue weighted by Crippen LogP contribution is -2.36. The first kappa shape index (κ1) is 13.9. The van der Waals surface area contributed by atoms with Crippen molar-refractivity contribution in [1.82, 2.24) is 14.9 Å². The number of benzene rings is 1. The SMILES string of the molecule is CC1C(Nc2ncc(F)cn2)CCN1Cc1ccccc1. The summed E-state index contributed by atoms with van der Waals surface area (Å²) in [4.78, 5) is 10.4. The maximum Gasteiger partial charge on any atom is 0.223 e. The predicted molar refractivity (Wildman–Crippen MR) is 80.3 cm³/mol. The van der Waals surface area contributed by atoms with Crippen LogP contribution in [0.5, 0.6) is 0 Å². The maximum absolute atomic E-state index is 12.8. The summed E-state index contributed by atoms with van der Waals surface area (Å²) in [7, 11) is 0. The van der Waals surface area contributed by atoms with Crippen molar-refractivity contribution in [3.05, 3.63) is 54.1 Å². The van der Waals surface area contributed by atoms with Crippen LogP contribution in [0.4, 0.5) is 10.3 Å². The van der Waals surface area contributed by atoms with Crippen LogP contribution in [0.15, 0.2) is 42.7 Å². The Morgan fingerprint density at radius 3 is 2.67 bits per heavy atom. The number of aromatic nitrogens is 2. The van der Waals surface area contributed by atoms with Crippen LogP contribution in [0.1, 0.15) is 18.9 Å². The molecule has 4 nitrogen and oxygen atoms in total. The summed E-state index contributed by atoms with van der Waals surface area (Å²) in [5.74, 6) is 0.0838. The minimum absolute atomic E-state index is 0.291. The highest BCUT2D eigenvalue weighted by atomic mass is 19.1. The van der Waals surface area contributed by atoms with Gasteiger partial charge in [-0.05, 0) is 18.9 Å². The van der Waals surface area contributed by atoms with E-state index in [4.69, 9.17) is 0 Å². The number of anilines is 1. The van der Waals surface area contributed by atoms with E-state index in [0.29, 0.717) is 18.0 Å². The number of likely N-dealkylation sites (tertiary alicyclic amines) is 1. The molecular weight excluding hydrogens is 267 g/mol. The summed E-state index contributed by atoms with van der Waals surface area (Å²) in [6.45, 7) is 4.19. The first-order valence-electron chi connectivity index (χ1n) is 7.24. The molecule has 0 radical (unpaired) electrons. The molecule has 2 atom stereocenters. The Morgan fingerprint density at radius 1 is 1.24 bits per heavy atom. The van der Waals surface area contributed by atoms with Gasteiger partial charge in [0.05, 0.1) is 12.4 Å². The van der Waals surface area contributed by atoms with E-state index in [2.05, 4.69) is 51.4 Å². The summed E-state index contributed by atoms with van der Waals surface area (Å²) >= 11 is 0. The zero-order chi connectivity index (χ0) is 14.7. The molecule has 5 heteroatoms. The second kappa shape index (κ2) is 6.18. The molecule has 0 amide bonds. The molecule has 0 spiro atoms. The van der Waals surface area contributed by atoms with E-state index in [1.165, 1.54) is 18.0 Å². The summed E-state index contributed by atoms with van der Waals surface area (Å²) in [6.07, 6.45) is 3.42. The fourth-order valence-electron chi connectivity index (χ4n) is 2.79. The average molecular weight is 286 g/mol. The third-order valence-electron chi connectivity index (χ3n) is 4.05. The molecule has 1 aromatic carbocycles. The van der Waals surface area contributed by atoms with Gasteiger partial charge in [0.25, 0.3) is 0 Å². The summed E-state index contributed by atoms with van der Waals surface area (Å²) < 4.78 is 12.8. The molecule has 2 heterocycles. The van der Waals surface area contributed by atoms with Crippen LogP contribution in [0, 0.1) is 5.82 Å². The molecule has 0 saturated carbocycles. The molecule has 0 bridgehead atoms. The molecule has 2 aromatic rings. The fraction of sp³-hybridized carbons (Fsp3) is 0.375. The maximum atomic E-state index is 12.8. The van der Waals surface area contributed by atoms with E-state index in [9.17, 15) is 4.39 Å². The van der Waals surface area contributed by atoms with E-state index < -0.39 is 5.82 Å². The summed E-state index contributed by atoms with van der Waals surface area (Å²) in [5.41, 5.74) is 1.32. The van der Waals surface area contributed by atoms with Crippen molar-refractivity contribution < 1.29 is 4.39 Å². The zero-order valence-corrected chi connectivity index (χ0v) is 12.0. The highest BCUT2D eigenvalue weighted by molar-refractivity contribution is 5.26. The van der Waals surface area contributed by atoms with Gasteiger partial charge >= 0.3 is 0 Å². The van der Waals surface area contributed by atoms with Crippen molar-refractivity contribution in [2.24, 2.45) is 0 Å². The number of halogens is 1. The van der Waals surface area contributed by atoms with Crippen molar-refractivity contribution >= 4 is 5.95 Å². The Kier molecular flexibility index (Phi) is 4.10. The van der Waals surface area contributed by atoms with Crippen LogP contribution in [-0.4, -0.2) is 33.5 Å². The van der Waals surface area contributed by atoms with Gasteiger partial charge in [-0.15, -0.1) is 0 Å². The third kappa shape index (κ3) is 3.36. The fourth-order valence-corrected chi connectivity index (χ4v) is 2.79. The Bertz CT molecular complexity index is 573. The van der Waals surface area contributed by atoms with Gasteiger partial charge in [0.2, 0.25) is 5.95 Å². The highest BCUT2D eigenvalue weighted by Crippen LogP contribution is 2.22. The lowest BCUT2D eigenvalue weighted by molar-refractivity contribution is 0.255. The van der Waals surface area contributed by atoms with Crippen molar-refractivity contribution in [1.29, 1.82) is 0 Å². The van der Waals surface area contributed by atoms with Gasteiger partial charge < -0.3 is 5.32 Å². The molecule has 1 aromatic heterocycles. The molecule has 1 saturated heterocycles. The average Bonchev–Trinajstić information content (AvgIpc) is 2.84. The number of hydrogen-bond donors (Lipinski definition) is 1. The number of nitrogens with one attached hydrogen (secondary N) is 1. The van der Waals surface area contributed by atoms with Crippen LogP contribution in [0.2, 0.25) is 0 Å². The molecule has 3 rings (SSSR count). The van der Waals surface area contributed by atoms with Gasteiger partial charge in [-0.1, -0.05) is 30.3 Å². The van der Waals surface area contributed by atoms with Crippen LogP contribution in [-0.2, 0) is 6.54 Å². The molecule has 110 valence electrons. The predicted octanol–water partition coefficient (Wildman–Crippen LogP) is 2.69. The van der Waals surface area contributed by atoms with Gasteiger partial charge in [0.15, 0.2) is 5.82 Å². The monoisotopic (exact) mass is 286 g/mol. The minimum Gasteiger partial charge on any atom is -0.350 e. The van der Waals surface area contributed by atoms with Gasteiger partial charge in [-0.3, -0.25) is 4.90 Å². The van der Waals surface area contributed by atoms with Crippen LogP contribution in [0.3, 0.4) is 0 Å². The lowest BCUT2D eigenvalue weighted by atomic mass is 10.1. The number of nitrogens with zero attached hydrogens (tertiary/aromatic N) is 3. The van der Waals surface area contributed by atoms with E-state index in [0.717, 1.165) is 19.5 Å². The van der Waals surface area contributed by atoms with Gasteiger partial charge in [0.1, 0.15) is 0 Å². The topological polar surface area (TPSA) is 41.1 Å². The van der Waals surface area contributed by atoms with Crippen molar-refractivity contribution in [2.45, 2.75) is 32.0 Å². The smallest absolute Gasteiger partial charge is 0.223 e. The van der Waals surface area contributed by atoms with E-state index in [-0.39, 0.29) is 0 Å². The van der Waals surface area contributed by atoms with Crippen LogP contribution >= 0.6 is 0 Å². The summed E-state index contributed by atoms with van der Waals surface area (Å²) in [5, 5.41) is 3.30. The van der Waals surface area contributed by atoms with E-state index >= 15 is 0 Å². The van der Waals surface area contributed by atoms with E-state index in [1.807, 2.05) is 6.07 Å². The second-order valence-corrected chi connectivity index (χ2v) is 5.46. The molecule has 1 N–H and O–H groups in total. The Morgan fingerprint density at radius 2 is 1.95 bits per heavy atom. The third-order valence-corrected chi connectivity index (χ3v) is 4.05. The first-order valence-corrected chi connectivity index (χ1v) is 7.24. The largest absolute Gasteiger partial charge is 0.350 e. The Balaban J connectivity index is 1.61. The molecule has 21 heavy (non-hydrogen) atoms. The number of rotatable bonds is 4. The molecule has 1 fully saturated rings. The summed E-state index contributed by atoms with van der Waals surface area (Å²) in [6, 6.07) is 11.1. The Hall–Kier alpha value is -2.01. The quantitative estimate of drug-likeness (QED) is 0.938. The minimum atomic E-state index is -0.411. The van der Waals surface area contributed by atoms with Gasteiger partial charge in [-0.25, -0.2) is 14.4 Å². The highest BCUT2D eigenvalue weighted by Gasteiger charge is 2.30. The van der Waals surface area contributed by atoms with Crippen LogP contribution in [0.25, 0.3) is 0 Å². The van der Waals surface area contributed by atoms with Gasteiger partial charge in [0, 0.05) is 25.2 Å². The van der Waals surface area contributed by atoms with Crippen LogP contribution < -0.4 is 5.32 Å². The zero-order valence-electron chi connectivity index (χ0n) is 12.0. The van der Waals surface area contributed by atoms with Crippen molar-refractivity contribution in [2.75, 3.05) is 11.9 Å². The van der Waals surface area contributed by atoms with Crippen molar-refractivity contribution in [3.63, 3.8) is 0 Å². The standard InChI is InChI=1S/C16H19FN4/c1-12-15(20-16-18-9-14(17)10-19-16)7-8-21(12)11-13-5-3-2-4-6-13/h2-6,9-10,12,15H,7-8,11H2,1H3,(H,18,19,20). The van der Waals surface area contributed by atoms with E-state index in [1.54, 1.807) is 0 Å². The number of hydrogen-bond acceptors (Lipinski definition) is 4. The molecule has 2 unspecified atom stereocenters. The first-order chi connectivity index (χ1) is 10.2. The normalized spacial score (nSPS) is 22.4. The molecule has 1 aliphatic heterocycles. The van der Waals surface area contributed by atoms with Crippen molar-refractivity contribution in [3.8, 4) is 0 Å². The van der Waals surface area contributed by atoms with Gasteiger partial charge in [-0.2, -0.15) is 0 Å². The lowest BCUT2D eigenvalue weighted by Gasteiger charge is -2.25. The molecular formula is C16H19FN4.